The lowest BCUT2D eigenvalue weighted by Crippen LogP contribution is -2.46. The molecule has 10 heteroatoms. The van der Waals surface area contributed by atoms with Crippen molar-refractivity contribution in [3.8, 4) is 0 Å². The lowest BCUT2D eigenvalue weighted by molar-refractivity contribution is 0.0524. The number of carbonyl (C=O) groups excluding carboxylic acids is 1. The summed E-state index contributed by atoms with van der Waals surface area (Å²) in [5, 5.41) is 0.311. The fourth-order valence-electron chi connectivity index (χ4n) is 5.02. The molecule has 0 bridgehead atoms. The highest BCUT2D eigenvalue weighted by molar-refractivity contribution is 5.97. The number of hydrogen-bond donors (Lipinski definition) is 0. The van der Waals surface area contributed by atoms with Crippen LogP contribution in [0.4, 0.5) is 14.5 Å². The summed E-state index contributed by atoms with van der Waals surface area (Å²) in [5.74, 6) is -1.33. The lowest BCUT2D eigenvalue weighted by Gasteiger charge is -2.36. The normalized spacial score (nSPS) is 16.6. The van der Waals surface area contributed by atoms with Crippen molar-refractivity contribution in [2.75, 3.05) is 37.7 Å². The Labute approximate surface area is 211 Å². The molecular weight excluding hydrogens is 482 g/mol. The van der Waals surface area contributed by atoms with Gasteiger partial charge in [-0.2, -0.15) is 0 Å². The van der Waals surface area contributed by atoms with Crippen LogP contribution in [0, 0.1) is 11.6 Å². The predicted octanol–water partition coefficient (Wildman–Crippen LogP) is 4.25. The van der Waals surface area contributed by atoms with Gasteiger partial charge in [-0.3, -0.25) is 9.69 Å². The quantitative estimate of drug-likeness (QED) is 0.285. The SMILES string of the molecule is CCOC(=O)c1cn(C2CC2)c2nc3c(F)c(N4CCN(Cc5ccco5)CC4)c(F)cc3cc2c1=O. The van der Waals surface area contributed by atoms with Gasteiger partial charge < -0.3 is 18.6 Å². The molecule has 4 heterocycles. The number of ether oxygens (including phenoxy) is 1. The Morgan fingerprint density at radius 3 is 2.65 bits per heavy atom. The zero-order chi connectivity index (χ0) is 25.7. The highest BCUT2D eigenvalue weighted by atomic mass is 19.1. The number of pyridine rings is 2. The van der Waals surface area contributed by atoms with E-state index in [9.17, 15) is 9.59 Å². The Kier molecular flexibility index (Phi) is 5.91. The largest absolute Gasteiger partial charge is 0.468 e. The maximum absolute atomic E-state index is 15.9. The number of furan rings is 1. The van der Waals surface area contributed by atoms with Crippen LogP contribution in [0.15, 0.2) is 45.9 Å². The molecule has 2 fully saturated rings. The number of nitrogens with zero attached hydrogens (tertiary/aromatic N) is 4. The van der Waals surface area contributed by atoms with Gasteiger partial charge >= 0.3 is 5.97 Å². The summed E-state index contributed by atoms with van der Waals surface area (Å²) in [4.78, 5) is 34.0. The van der Waals surface area contributed by atoms with Gasteiger partial charge in [-0.25, -0.2) is 18.6 Å². The number of hydrogen-bond acceptors (Lipinski definition) is 7. The highest BCUT2D eigenvalue weighted by Crippen LogP contribution is 2.38. The zero-order valence-electron chi connectivity index (χ0n) is 20.4. The minimum atomic E-state index is -0.749. The first-order chi connectivity index (χ1) is 17.9. The van der Waals surface area contributed by atoms with Crippen LogP contribution in [-0.4, -0.2) is 53.2 Å². The summed E-state index contributed by atoms with van der Waals surface area (Å²) in [5.41, 5.74) is -0.488. The molecule has 1 aromatic carbocycles. The molecule has 1 aliphatic heterocycles. The summed E-state index contributed by atoms with van der Waals surface area (Å²) in [6, 6.07) is 6.45. The molecule has 0 atom stereocenters. The fraction of sp³-hybridized carbons (Fsp3) is 0.370. The van der Waals surface area contributed by atoms with Crippen LogP contribution in [0.5, 0.6) is 0 Å². The van der Waals surface area contributed by atoms with E-state index >= 15 is 8.78 Å². The third kappa shape index (κ3) is 4.25. The molecule has 0 radical (unpaired) electrons. The smallest absolute Gasteiger partial charge is 0.343 e. The lowest BCUT2D eigenvalue weighted by atomic mass is 10.1. The Hall–Kier alpha value is -3.79. The van der Waals surface area contributed by atoms with E-state index in [0.717, 1.165) is 18.6 Å². The first-order valence-corrected chi connectivity index (χ1v) is 12.5. The van der Waals surface area contributed by atoms with Crippen LogP contribution in [-0.2, 0) is 11.3 Å². The summed E-state index contributed by atoms with van der Waals surface area (Å²) < 4.78 is 43.4. The first-order valence-electron chi connectivity index (χ1n) is 12.5. The third-order valence-corrected chi connectivity index (χ3v) is 7.04. The van der Waals surface area contributed by atoms with E-state index in [1.807, 2.05) is 12.1 Å². The number of piperazine rings is 1. The second-order valence-electron chi connectivity index (χ2n) is 9.53. The van der Waals surface area contributed by atoms with Gasteiger partial charge in [-0.05, 0) is 44.0 Å². The van der Waals surface area contributed by atoms with E-state index in [1.165, 1.54) is 18.3 Å². The van der Waals surface area contributed by atoms with Gasteiger partial charge in [-0.15, -0.1) is 0 Å². The molecule has 2 aliphatic rings. The van der Waals surface area contributed by atoms with E-state index in [1.54, 1.807) is 22.7 Å². The van der Waals surface area contributed by atoms with E-state index in [4.69, 9.17) is 9.15 Å². The number of aromatic nitrogens is 2. The van der Waals surface area contributed by atoms with E-state index in [-0.39, 0.29) is 45.8 Å². The predicted molar refractivity (Wildman–Crippen MR) is 134 cm³/mol. The maximum atomic E-state index is 15.9. The van der Waals surface area contributed by atoms with Crippen molar-refractivity contribution in [1.29, 1.82) is 0 Å². The number of rotatable bonds is 6. The molecule has 192 valence electrons. The highest BCUT2D eigenvalue weighted by Gasteiger charge is 2.30. The molecule has 37 heavy (non-hydrogen) atoms. The molecule has 0 unspecified atom stereocenters. The minimum absolute atomic E-state index is 0.000370. The van der Waals surface area contributed by atoms with Gasteiger partial charge in [0.05, 0.1) is 24.8 Å². The van der Waals surface area contributed by atoms with Gasteiger partial charge in [-0.1, -0.05) is 0 Å². The van der Waals surface area contributed by atoms with Crippen molar-refractivity contribution < 1.29 is 22.7 Å². The molecule has 6 rings (SSSR count). The van der Waals surface area contributed by atoms with Crippen molar-refractivity contribution in [1.82, 2.24) is 14.5 Å². The van der Waals surface area contributed by atoms with Gasteiger partial charge in [0.25, 0.3) is 0 Å². The van der Waals surface area contributed by atoms with Crippen molar-refractivity contribution in [2.24, 2.45) is 0 Å². The standard InChI is InChI=1S/C27H26F2N4O4/c1-2-36-27(35)20-15-33(17-5-6-17)26-19(25(20)34)12-16-13-21(28)24(22(29)23(16)30-26)32-9-7-31(8-10-32)14-18-4-3-11-37-18/h3-4,11-13,15,17H,2,5-10,14H2,1H3. The number of halogens is 2. The van der Waals surface area contributed by atoms with Gasteiger partial charge in [0.15, 0.2) is 5.82 Å². The molecule has 0 amide bonds. The molecule has 4 aromatic rings. The van der Waals surface area contributed by atoms with Gasteiger partial charge in [0.1, 0.15) is 34.0 Å². The fourth-order valence-corrected chi connectivity index (χ4v) is 5.02. The molecule has 3 aromatic heterocycles. The maximum Gasteiger partial charge on any atom is 0.343 e. The molecule has 1 saturated carbocycles. The molecule has 1 saturated heterocycles. The van der Waals surface area contributed by atoms with Crippen LogP contribution in [0.1, 0.15) is 41.9 Å². The number of benzene rings is 1. The number of esters is 1. The second kappa shape index (κ2) is 9.26. The monoisotopic (exact) mass is 508 g/mol. The summed E-state index contributed by atoms with van der Waals surface area (Å²) in [6.45, 7) is 4.58. The Morgan fingerprint density at radius 2 is 1.97 bits per heavy atom. The van der Waals surface area contributed by atoms with Crippen LogP contribution in [0.2, 0.25) is 0 Å². The Bertz CT molecular complexity index is 1550. The van der Waals surface area contributed by atoms with Crippen LogP contribution < -0.4 is 10.3 Å². The average Bonchev–Trinajstić information content (AvgIpc) is 3.60. The van der Waals surface area contributed by atoms with Crippen molar-refractivity contribution in [2.45, 2.75) is 32.4 Å². The molecular formula is C27H26F2N4O4. The Balaban J connectivity index is 1.39. The van der Waals surface area contributed by atoms with Crippen LogP contribution in [0.3, 0.4) is 0 Å². The van der Waals surface area contributed by atoms with Gasteiger partial charge in [0.2, 0.25) is 5.43 Å². The molecule has 0 N–H and O–H groups in total. The van der Waals surface area contributed by atoms with Gasteiger partial charge in [0, 0.05) is 43.8 Å². The third-order valence-electron chi connectivity index (χ3n) is 7.04. The van der Waals surface area contributed by atoms with Crippen molar-refractivity contribution in [3.05, 3.63) is 69.9 Å². The van der Waals surface area contributed by atoms with E-state index < -0.39 is 23.0 Å². The molecule has 0 spiro atoms. The summed E-state index contributed by atoms with van der Waals surface area (Å²) in [6.07, 6.45) is 4.81. The number of carbonyl (C=O) groups is 1. The molecule has 1 aliphatic carbocycles. The summed E-state index contributed by atoms with van der Waals surface area (Å²) >= 11 is 0. The number of anilines is 1. The zero-order valence-corrected chi connectivity index (χ0v) is 20.4. The average molecular weight is 509 g/mol. The van der Waals surface area contributed by atoms with Crippen molar-refractivity contribution in [3.63, 3.8) is 0 Å². The van der Waals surface area contributed by atoms with Crippen LogP contribution in [0.25, 0.3) is 21.9 Å². The van der Waals surface area contributed by atoms with Crippen molar-refractivity contribution >= 4 is 33.6 Å². The van der Waals surface area contributed by atoms with Crippen LogP contribution >= 0.6 is 0 Å². The van der Waals surface area contributed by atoms with E-state index in [0.29, 0.717) is 32.7 Å². The number of fused-ring (bicyclic) bond motifs is 2. The summed E-state index contributed by atoms with van der Waals surface area (Å²) in [7, 11) is 0. The second-order valence-corrected chi connectivity index (χ2v) is 9.53. The molecule has 8 nitrogen and oxygen atoms in total. The topological polar surface area (TPSA) is 80.8 Å². The Morgan fingerprint density at radius 1 is 1.19 bits per heavy atom. The minimum Gasteiger partial charge on any atom is -0.468 e. The van der Waals surface area contributed by atoms with E-state index in [2.05, 4.69) is 9.88 Å². The first kappa shape index (κ1) is 23.6.